The van der Waals surface area contributed by atoms with Crippen molar-refractivity contribution in [3.8, 4) is 0 Å². The van der Waals surface area contributed by atoms with Crippen molar-refractivity contribution in [2.75, 3.05) is 0 Å². The minimum atomic E-state index is -0.521. The predicted molar refractivity (Wildman–Crippen MR) is 119 cm³/mol. The van der Waals surface area contributed by atoms with Gasteiger partial charge in [0.05, 0.1) is 6.42 Å². The first-order valence-electron chi connectivity index (χ1n) is 10.3. The number of amides is 2. The highest BCUT2D eigenvalue weighted by atomic mass is 79.9. The zero-order chi connectivity index (χ0) is 20.8. The number of halogens is 1. The molecule has 1 N–H and O–H groups in total. The number of nitrogens with zero attached hydrogens (tertiary/aromatic N) is 1. The summed E-state index contributed by atoms with van der Waals surface area (Å²) in [4.78, 5) is 27.8. The molecule has 0 spiro atoms. The third-order valence-corrected chi connectivity index (χ3v) is 6.04. The third-order valence-electron chi connectivity index (χ3n) is 5.55. The van der Waals surface area contributed by atoms with Gasteiger partial charge in [-0.15, -0.1) is 0 Å². The van der Waals surface area contributed by atoms with Gasteiger partial charge in [0.2, 0.25) is 11.8 Å². The molecule has 1 aliphatic carbocycles. The molecule has 2 aromatic carbocycles. The van der Waals surface area contributed by atoms with Gasteiger partial charge in [-0.3, -0.25) is 9.59 Å². The highest BCUT2D eigenvalue weighted by Crippen LogP contribution is 2.20. The van der Waals surface area contributed by atoms with Crippen LogP contribution in [0.2, 0.25) is 0 Å². The zero-order valence-corrected chi connectivity index (χ0v) is 18.7. The van der Waals surface area contributed by atoms with Crippen LogP contribution in [0.5, 0.6) is 0 Å². The monoisotopic (exact) mass is 456 g/mol. The van der Waals surface area contributed by atoms with Crippen molar-refractivity contribution < 1.29 is 9.59 Å². The molecule has 154 valence electrons. The minimum absolute atomic E-state index is 0.0374. The van der Waals surface area contributed by atoms with E-state index in [9.17, 15) is 9.59 Å². The van der Waals surface area contributed by atoms with Crippen LogP contribution in [0.3, 0.4) is 0 Å². The molecule has 2 amide bonds. The Balaban J connectivity index is 1.77. The van der Waals surface area contributed by atoms with Gasteiger partial charge in [-0.05, 0) is 49.9 Å². The van der Waals surface area contributed by atoms with Crippen LogP contribution in [0.15, 0.2) is 53.0 Å². The molecule has 1 unspecified atom stereocenters. The Bertz CT molecular complexity index is 861. The second-order valence-electron chi connectivity index (χ2n) is 7.98. The molecule has 1 fully saturated rings. The molecule has 0 aromatic heterocycles. The summed E-state index contributed by atoms with van der Waals surface area (Å²) in [7, 11) is 0. The molecule has 5 heteroatoms. The van der Waals surface area contributed by atoms with Crippen molar-refractivity contribution in [3.05, 3.63) is 69.7 Å². The van der Waals surface area contributed by atoms with E-state index in [4.69, 9.17) is 0 Å². The lowest BCUT2D eigenvalue weighted by Gasteiger charge is -2.30. The Hall–Kier alpha value is -2.14. The lowest BCUT2D eigenvalue weighted by molar-refractivity contribution is -0.140. The van der Waals surface area contributed by atoms with Gasteiger partial charge in [0.1, 0.15) is 6.04 Å². The maximum atomic E-state index is 13.2. The lowest BCUT2D eigenvalue weighted by atomic mass is 10.1. The first kappa shape index (κ1) is 21.6. The van der Waals surface area contributed by atoms with Crippen molar-refractivity contribution in [3.63, 3.8) is 0 Å². The highest BCUT2D eigenvalue weighted by molar-refractivity contribution is 9.10. The van der Waals surface area contributed by atoms with Crippen molar-refractivity contribution in [1.29, 1.82) is 0 Å². The Kier molecular flexibility index (Phi) is 7.48. The summed E-state index contributed by atoms with van der Waals surface area (Å²) < 4.78 is 0.962. The summed E-state index contributed by atoms with van der Waals surface area (Å²) in [5.74, 6) is -0.103. The smallest absolute Gasteiger partial charge is 0.242 e. The van der Waals surface area contributed by atoms with E-state index >= 15 is 0 Å². The molecule has 1 atom stereocenters. The quantitative estimate of drug-likeness (QED) is 0.651. The van der Waals surface area contributed by atoms with Gasteiger partial charge in [0, 0.05) is 17.1 Å². The van der Waals surface area contributed by atoms with Gasteiger partial charge in [0.15, 0.2) is 0 Å². The van der Waals surface area contributed by atoms with Crippen molar-refractivity contribution in [2.24, 2.45) is 0 Å². The van der Waals surface area contributed by atoms with Crippen molar-refractivity contribution in [1.82, 2.24) is 10.2 Å². The molecular formula is C24H29BrN2O2. The minimum Gasteiger partial charge on any atom is -0.352 e. The fourth-order valence-electron chi connectivity index (χ4n) is 3.90. The van der Waals surface area contributed by atoms with E-state index in [0.29, 0.717) is 6.54 Å². The van der Waals surface area contributed by atoms with Crippen molar-refractivity contribution >= 4 is 27.7 Å². The summed E-state index contributed by atoms with van der Waals surface area (Å²) in [6.07, 6.45) is 4.67. The summed E-state index contributed by atoms with van der Waals surface area (Å²) in [6, 6.07) is 15.6. The van der Waals surface area contributed by atoms with Crippen LogP contribution in [-0.2, 0) is 22.6 Å². The van der Waals surface area contributed by atoms with Crippen LogP contribution < -0.4 is 5.32 Å². The Morgan fingerprint density at radius 1 is 1.10 bits per heavy atom. The molecule has 0 aliphatic heterocycles. The number of rotatable bonds is 7. The van der Waals surface area contributed by atoms with E-state index in [0.717, 1.165) is 46.8 Å². The number of hydrogen-bond acceptors (Lipinski definition) is 2. The molecule has 1 aliphatic rings. The van der Waals surface area contributed by atoms with Crippen LogP contribution in [-0.4, -0.2) is 28.8 Å². The predicted octanol–water partition coefficient (Wildman–Crippen LogP) is 4.78. The van der Waals surface area contributed by atoms with Crippen molar-refractivity contribution in [2.45, 2.75) is 64.6 Å². The maximum absolute atomic E-state index is 13.2. The zero-order valence-electron chi connectivity index (χ0n) is 17.2. The number of aryl methyl sites for hydroxylation is 1. The third kappa shape index (κ3) is 6.17. The average Bonchev–Trinajstić information content (AvgIpc) is 3.18. The first-order valence-corrected chi connectivity index (χ1v) is 11.1. The topological polar surface area (TPSA) is 49.4 Å². The van der Waals surface area contributed by atoms with E-state index < -0.39 is 6.04 Å². The Morgan fingerprint density at radius 3 is 2.48 bits per heavy atom. The van der Waals surface area contributed by atoms with E-state index in [-0.39, 0.29) is 24.3 Å². The van der Waals surface area contributed by atoms with Crippen LogP contribution in [0.1, 0.15) is 49.3 Å². The molecule has 29 heavy (non-hydrogen) atoms. The number of carbonyl (C=O) groups is 2. The van der Waals surface area contributed by atoms with E-state index in [1.165, 1.54) is 0 Å². The van der Waals surface area contributed by atoms with Gasteiger partial charge in [-0.25, -0.2) is 0 Å². The summed E-state index contributed by atoms with van der Waals surface area (Å²) in [6.45, 7) is 4.25. The van der Waals surface area contributed by atoms with Crippen LogP contribution in [0.4, 0.5) is 0 Å². The molecule has 0 bridgehead atoms. The van der Waals surface area contributed by atoms with E-state index in [2.05, 4.69) is 21.2 Å². The number of hydrogen-bond donors (Lipinski definition) is 1. The second kappa shape index (κ2) is 10.1. The van der Waals surface area contributed by atoms with E-state index in [1.54, 1.807) is 4.90 Å². The normalized spacial score (nSPS) is 15.1. The summed E-state index contributed by atoms with van der Waals surface area (Å²) in [5, 5.41) is 3.14. The lowest BCUT2D eigenvalue weighted by Crippen LogP contribution is -2.50. The maximum Gasteiger partial charge on any atom is 0.242 e. The molecule has 0 radical (unpaired) electrons. The van der Waals surface area contributed by atoms with Gasteiger partial charge in [-0.1, -0.05) is 70.7 Å². The number of benzene rings is 2. The largest absolute Gasteiger partial charge is 0.352 e. The summed E-state index contributed by atoms with van der Waals surface area (Å²) in [5.41, 5.74) is 3.09. The number of nitrogens with one attached hydrogen (secondary N) is 1. The molecular weight excluding hydrogens is 428 g/mol. The summed E-state index contributed by atoms with van der Waals surface area (Å²) >= 11 is 3.49. The molecule has 2 aromatic rings. The van der Waals surface area contributed by atoms with Crippen LogP contribution >= 0.6 is 15.9 Å². The first-order chi connectivity index (χ1) is 13.9. The highest BCUT2D eigenvalue weighted by Gasteiger charge is 2.28. The fraction of sp³-hybridized carbons (Fsp3) is 0.417. The Morgan fingerprint density at radius 2 is 1.79 bits per heavy atom. The van der Waals surface area contributed by atoms with E-state index in [1.807, 2.05) is 62.4 Å². The molecule has 1 saturated carbocycles. The fourth-order valence-corrected chi connectivity index (χ4v) is 4.35. The Labute approximate surface area is 181 Å². The molecule has 0 saturated heterocycles. The van der Waals surface area contributed by atoms with Crippen LogP contribution in [0.25, 0.3) is 0 Å². The van der Waals surface area contributed by atoms with Gasteiger partial charge < -0.3 is 10.2 Å². The van der Waals surface area contributed by atoms with Gasteiger partial charge in [-0.2, -0.15) is 0 Å². The standard InChI is InChI=1S/C24H29BrN2O2/c1-17-7-5-8-19(13-17)15-23(28)27(16-20-9-6-10-21(25)14-20)18(2)24(29)26-22-11-3-4-12-22/h5-10,13-14,18,22H,3-4,11-12,15-16H2,1-2H3,(H,26,29). The SMILES string of the molecule is Cc1cccc(CC(=O)N(Cc2cccc(Br)c2)C(C)C(=O)NC2CCCC2)c1. The molecule has 4 nitrogen and oxygen atoms in total. The van der Waals surface area contributed by atoms with Gasteiger partial charge in [0.25, 0.3) is 0 Å². The molecule has 0 heterocycles. The van der Waals surface area contributed by atoms with Gasteiger partial charge >= 0.3 is 0 Å². The van der Waals surface area contributed by atoms with Crippen LogP contribution in [0, 0.1) is 6.92 Å². The second-order valence-corrected chi connectivity index (χ2v) is 8.90. The average molecular weight is 457 g/mol. The number of carbonyl (C=O) groups excluding carboxylic acids is 2. The molecule has 3 rings (SSSR count).